The molecule has 0 radical (unpaired) electrons. The van der Waals surface area contributed by atoms with Gasteiger partial charge in [-0.15, -0.1) is 0 Å². The number of hydrogen-bond acceptors (Lipinski definition) is 8. The number of nitro benzene ring substituents is 2. The second kappa shape index (κ2) is 5.73. The van der Waals surface area contributed by atoms with E-state index in [9.17, 15) is 25.0 Å². The van der Waals surface area contributed by atoms with Gasteiger partial charge in [0.25, 0.3) is 5.69 Å². The molecule has 0 aliphatic rings. The van der Waals surface area contributed by atoms with Crippen molar-refractivity contribution in [3.05, 3.63) is 37.9 Å². The topological polar surface area (TPSA) is 134 Å². The van der Waals surface area contributed by atoms with Crippen molar-refractivity contribution in [2.75, 3.05) is 19.7 Å². The van der Waals surface area contributed by atoms with Gasteiger partial charge in [-0.2, -0.15) is 0 Å². The van der Waals surface area contributed by atoms with E-state index in [-0.39, 0.29) is 11.3 Å². The van der Waals surface area contributed by atoms with Gasteiger partial charge in [-0.3, -0.25) is 30.5 Å². The van der Waals surface area contributed by atoms with E-state index >= 15 is 0 Å². The highest BCUT2D eigenvalue weighted by Gasteiger charge is 2.28. The molecular formula is C9H9N3O7. The third-order valence-corrected chi connectivity index (χ3v) is 2.12. The first-order valence-electron chi connectivity index (χ1n) is 4.76. The Bertz CT molecular complexity index is 543. The molecule has 0 saturated heterocycles. The number of hydrogen-bond donors (Lipinski definition) is 1. The Kier molecular flexibility index (Phi) is 4.32. The lowest BCUT2D eigenvalue weighted by atomic mass is 10.1. The zero-order chi connectivity index (χ0) is 14.6. The average molecular weight is 271 g/mol. The summed E-state index contributed by atoms with van der Waals surface area (Å²) in [6, 6.07) is 1.58. The van der Waals surface area contributed by atoms with Crippen molar-refractivity contribution in [3.8, 4) is 0 Å². The molecule has 102 valence electrons. The monoisotopic (exact) mass is 271 g/mol. The number of rotatable bonds is 5. The van der Waals surface area contributed by atoms with E-state index in [0.29, 0.717) is 6.07 Å². The van der Waals surface area contributed by atoms with Gasteiger partial charge >= 0.3 is 11.7 Å². The van der Waals surface area contributed by atoms with Crippen LogP contribution in [0.15, 0.2) is 12.1 Å². The molecule has 0 amide bonds. The van der Waals surface area contributed by atoms with E-state index in [1.807, 2.05) is 0 Å². The van der Waals surface area contributed by atoms with Crippen LogP contribution in [-0.4, -0.2) is 30.0 Å². The minimum Gasteiger partial charge on any atom is -0.465 e. The van der Waals surface area contributed by atoms with Gasteiger partial charge in [0.2, 0.25) is 0 Å². The predicted molar refractivity (Wildman–Crippen MR) is 61.7 cm³/mol. The minimum absolute atomic E-state index is 0.315. The summed E-state index contributed by atoms with van der Waals surface area (Å²) in [6.45, 7) is 0. The van der Waals surface area contributed by atoms with Crippen molar-refractivity contribution in [2.45, 2.75) is 0 Å². The second-order valence-corrected chi connectivity index (χ2v) is 3.20. The molecule has 0 saturated carbocycles. The summed E-state index contributed by atoms with van der Waals surface area (Å²) in [5.74, 6) is -0.966. The number of carbonyl (C=O) groups excluding carboxylic acids is 1. The van der Waals surface area contributed by atoms with Gasteiger partial charge in [0.05, 0.1) is 35.7 Å². The Morgan fingerprint density at radius 1 is 1.21 bits per heavy atom. The number of nitrogens with one attached hydrogen (secondary N) is 1. The molecule has 0 atom stereocenters. The number of nitro groups is 2. The first kappa shape index (κ1) is 14.3. The summed E-state index contributed by atoms with van der Waals surface area (Å²) in [5, 5.41) is 21.6. The van der Waals surface area contributed by atoms with Crippen LogP contribution in [0.1, 0.15) is 10.4 Å². The Morgan fingerprint density at radius 3 is 2.26 bits per heavy atom. The molecule has 1 aromatic rings. The normalized spacial score (nSPS) is 9.79. The fraction of sp³-hybridized carbons (Fsp3) is 0.222. The standard InChI is InChI=1S/C9H9N3O7/c1-18-9(13)6-3-5(11(14)15)4-7(12(16)17)8(6)10-19-2/h3-4,10H,1-2H3. The molecule has 1 aromatic carbocycles. The summed E-state index contributed by atoms with van der Waals surface area (Å²) >= 11 is 0. The van der Waals surface area contributed by atoms with Crippen LogP contribution in [-0.2, 0) is 9.57 Å². The SMILES string of the molecule is CONc1c(C(=O)OC)cc([N+](=O)[O-])cc1[N+](=O)[O-]. The van der Waals surface area contributed by atoms with E-state index < -0.39 is 27.2 Å². The van der Waals surface area contributed by atoms with E-state index in [2.05, 4.69) is 15.1 Å². The number of esters is 1. The summed E-state index contributed by atoms with van der Waals surface area (Å²) in [5.41, 5.74) is 0.184. The maximum Gasteiger partial charge on any atom is 0.340 e. The largest absolute Gasteiger partial charge is 0.465 e. The number of benzene rings is 1. The first-order chi connectivity index (χ1) is 8.92. The van der Waals surface area contributed by atoms with Crippen LogP contribution in [0.4, 0.5) is 17.1 Å². The van der Waals surface area contributed by atoms with Crippen molar-refractivity contribution in [3.63, 3.8) is 0 Å². The maximum atomic E-state index is 11.5. The fourth-order valence-corrected chi connectivity index (χ4v) is 1.34. The van der Waals surface area contributed by atoms with Crippen molar-refractivity contribution in [1.82, 2.24) is 0 Å². The highest BCUT2D eigenvalue weighted by Crippen LogP contribution is 2.33. The van der Waals surface area contributed by atoms with Gasteiger partial charge in [0.1, 0.15) is 0 Å². The number of non-ortho nitro benzene ring substituents is 1. The molecule has 0 aromatic heterocycles. The molecule has 10 nitrogen and oxygen atoms in total. The van der Waals surface area contributed by atoms with Crippen LogP contribution < -0.4 is 5.48 Å². The Morgan fingerprint density at radius 2 is 1.84 bits per heavy atom. The van der Waals surface area contributed by atoms with Gasteiger partial charge in [-0.25, -0.2) is 4.79 Å². The molecule has 1 rings (SSSR count). The van der Waals surface area contributed by atoms with E-state index in [4.69, 9.17) is 0 Å². The highest BCUT2D eigenvalue weighted by atomic mass is 16.6. The summed E-state index contributed by atoms with van der Waals surface area (Å²) in [6.07, 6.45) is 0. The Balaban J connectivity index is 3.59. The van der Waals surface area contributed by atoms with Crippen LogP contribution in [0.2, 0.25) is 0 Å². The lowest BCUT2D eigenvalue weighted by Gasteiger charge is -2.09. The average Bonchev–Trinajstić information content (AvgIpc) is 2.37. The van der Waals surface area contributed by atoms with E-state index in [0.717, 1.165) is 13.2 Å². The molecule has 0 spiro atoms. The molecule has 0 aliphatic heterocycles. The molecule has 0 aliphatic carbocycles. The quantitative estimate of drug-likeness (QED) is 0.480. The zero-order valence-corrected chi connectivity index (χ0v) is 9.91. The highest BCUT2D eigenvalue weighted by molar-refractivity contribution is 5.98. The van der Waals surface area contributed by atoms with Crippen LogP contribution in [0, 0.1) is 20.2 Å². The second-order valence-electron chi connectivity index (χ2n) is 3.20. The van der Waals surface area contributed by atoms with Gasteiger partial charge in [-0.05, 0) is 0 Å². The van der Waals surface area contributed by atoms with E-state index in [1.54, 1.807) is 0 Å². The first-order valence-corrected chi connectivity index (χ1v) is 4.76. The summed E-state index contributed by atoms with van der Waals surface area (Å²) in [7, 11) is 2.22. The fourth-order valence-electron chi connectivity index (χ4n) is 1.34. The zero-order valence-electron chi connectivity index (χ0n) is 9.91. The summed E-state index contributed by atoms with van der Waals surface area (Å²) < 4.78 is 4.41. The smallest absolute Gasteiger partial charge is 0.340 e. The minimum atomic E-state index is -0.966. The number of carbonyl (C=O) groups is 1. The van der Waals surface area contributed by atoms with Crippen molar-refractivity contribution < 1.29 is 24.2 Å². The number of ether oxygens (including phenoxy) is 1. The van der Waals surface area contributed by atoms with Gasteiger partial charge in [0, 0.05) is 6.07 Å². The number of methoxy groups -OCH3 is 1. The lowest BCUT2D eigenvalue weighted by molar-refractivity contribution is -0.393. The van der Waals surface area contributed by atoms with Crippen molar-refractivity contribution in [2.24, 2.45) is 0 Å². The molecule has 0 heterocycles. The third kappa shape index (κ3) is 2.93. The maximum absolute atomic E-state index is 11.5. The van der Waals surface area contributed by atoms with E-state index in [1.165, 1.54) is 7.11 Å². The van der Waals surface area contributed by atoms with Crippen molar-refractivity contribution in [1.29, 1.82) is 0 Å². The molecule has 0 bridgehead atoms. The molecule has 0 unspecified atom stereocenters. The number of anilines is 1. The van der Waals surface area contributed by atoms with Gasteiger partial charge < -0.3 is 4.74 Å². The Labute approximate surface area is 106 Å². The van der Waals surface area contributed by atoms with Crippen LogP contribution >= 0.6 is 0 Å². The van der Waals surface area contributed by atoms with Gasteiger partial charge in [0.15, 0.2) is 5.69 Å². The van der Waals surface area contributed by atoms with Gasteiger partial charge in [-0.1, -0.05) is 0 Å². The van der Waals surface area contributed by atoms with Crippen LogP contribution in [0.5, 0.6) is 0 Å². The molecule has 0 fully saturated rings. The summed E-state index contributed by atoms with van der Waals surface area (Å²) in [4.78, 5) is 35.8. The molecule has 1 N–H and O–H groups in total. The predicted octanol–water partition coefficient (Wildman–Crippen LogP) is 1.26. The lowest BCUT2D eigenvalue weighted by Crippen LogP contribution is -2.10. The van der Waals surface area contributed by atoms with Crippen LogP contribution in [0.25, 0.3) is 0 Å². The Hall–Kier alpha value is -2.75. The van der Waals surface area contributed by atoms with Crippen molar-refractivity contribution >= 4 is 23.0 Å². The molecule has 19 heavy (non-hydrogen) atoms. The molecular weight excluding hydrogens is 262 g/mol. The molecule has 10 heteroatoms. The van der Waals surface area contributed by atoms with Crippen LogP contribution in [0.3, 0.4) is 0 Å². The number of nitrogens with zero attached hydrogens (tertiary/aromatic N) is 2. The third-order valence-electron chi connectivity index (χ3n) is 2.12.